The fourth-order valence-electron chi connectivity index (χ4n) is 4.03. The Morgan fingerprint density at radius 1 is 1.14 bits per heavy atom. The molecule has 0 unspecified atom stereocenters. The van der Waals surface area contributed by atoms with E-state index >= 15 is 0 Å². The van der Waals surface area contributed by atoms with E-state index in [1.807, 2.05) is 31.3 Å². The van der Waals surface area contributed by atoms with Gasteiger partial charge < -0.3 is 10.0 Å². The zero-order valence-electron chi connectivity index (χ0n) is 16.2. The summed E-state index contributed by atoms with van der Waals surface area (Å²) in [6.07, 6.45) is 3.66. The molecular weight excluding hydrogens is 348 g/mol. The first-order valence-corrected chi connectivity index (χ1v) is 10.0. The summed E-state index contributed by atoms with van der Waals surface area (Å²) in [5, 5.41) is 11.6. The van der Waals surface area contributed by atoms with Crippen LogP contribution in [0.5, 0.6) is 0 Å². The second kappa shape index (κ2) is 8.11. The van der Waals surface area contributed by atoms with Gasteiger partial charge in [-0.15, -0.1) is 0 Å². The summed E-state index contributed by atoms with van der Waals surface area (Å²) in [6.45, 7) is 3.07. The van der Waals surface area contributed by atoms with Gasteiger partial charge in [0.15, 0.2) is 0 Å². The van der Waals surface area contributed by atoms with Crippen molar-refractivity contribution in [1.82, 2.24) is 9.88 Å². The van der Waals surface area contributed by atoms with Gasteiger partial charge in [-0.3, -0.25) is 9.78 Å². The molecule has 0 radical (unpaired) electrons. The van der Waals surface area contributed by atoms with E-state index in [4.69, 9.17) is 0 Å². The number of para-hydroxylation sites is 1. The van der Waals surface area contributed by atoms with Crippen molar-refractivity contribution in [3.63, 3.8) is 0 Å². The summed E-state index contributed by atoms with van der Waals surface area (Å²) in [5.74, 6) is 0.333. The van der Waals surface area contributed by atoms with Crippen LogP contribution >= 0.6 is 0 Å². The number of likely N-dealkylation sites (tertiary alicyclic amines) is 1. The SMILES string of the molecule is CCC(=O)N1CC[C@H](Cc2ccc(-c3cnc4ccccc4c3)cc2)[C@@H](O)C1. The number of aliphatic hydroxyl groups is 1. The molecule has 0 aliphatic carbocycles. The minimum absolute atomic E-state index is 0.130. The lowest BCUT2D eigenvalue weighted by Crippen LogP contribution is -2.46. The molecule has 1 fully saturated rings. The fourth-order valence-corrected chi connectivity index (χ4v) is 4.03. The van der Waals surface area contributed by atoms with Crippen molar-refractivity contribution in [2.75, 3.05) is 13.1 Å². The number of nitrogens with zero attached hydrogens (tertiary/aromatic N) is 2. The Morgan fingerprint density at radius 3 is 2.68 bits per heavy atom. The number of benzene rings is 2. The summed E-state index contributed by atoms with van der Waals surface area (Å²) < 4.78 is 0. The van der Waals surface area contributed by atoms with E-state index in [2.05, 4.69) is 41.4 Å². The Morgan fingerprint density at radius 2 is 1.93 bits per heavy atom. The van der Waals surface area contributed by atoms with Crippen molar-refractivity contribution >= 4 is 16.8 Å². The van der Waals surface area contributed by atoms with Crippen molar-refractivity contribution in [2.45, 2.75) is 32.3 Å². The summed E-state index contributed by atoms with van der Waals surface area (Å²) in [6, 6.07) is 18.8. The fraction of sp³-hybridized carbons (Fsp3) is 0.333. The van der Waals surface area contributed by atoms with E-state index in [1.54, 1.807) is 4.90 Å². The van der Waals surface area contributed by atoms with E-state index < -0.39 is 6.10 Å². The normalized spacial score (nSPS) is 19.7. The molecule has 2 atom stereocenters. The molecule has 4 rings (SSSR count). The average Bonchev–Trinajstić information content (AvgIpc) is 2.74. The number of aromatic nitrogens is 1. The molecule has 0 bridgehead atoms. The third-order valence-electron chi connectivity index (χ3n) is 5.75. The smallest absolute Gasteiger partial charge is 0.222 e. The molecule has 4 heteroatoms. The summed E-state index contributed by atoms with van der Waals surface area (Å²) in [4.78, 5) is 18.2. The van der Waals surface area contributed by atoms with E-state index in [0.717, 1.165) is 41.4 Å². The van der Waals surface area contributed by atoms with E-state index in [0.29, 0.717) is 13.0 Å². The first-order valence-electron chi connectivity index (χ1n) is 10.0. The number of β-amino-alcohol motifs (C(OH)–C–C–N with tert-alkyl or cyclic N) is 1. The van der Waals surface area contributed by atoms with Crippen molar-refractivity contribution in [2.24, 2.45) is 5.92 Å². The highest BCUT2D eigenvalue weighted by Crippen LogP contribution is 2.26. The van der Waals surface area contributed by atoms with Crippen LogP contribution in [0.3, 0.4) is 0 Å². The highest BCUT2D eigenvalue weighted by atomic mass is 16.3. The van der Waals surface area contributed by atoms with Gasteiger partial charge in [-0.1, -0.05) is 49.4 Å². The molecule has 1 N–H and O–H groups in total. The molecule has 1 aromatic heterocycles. The van der Waals surface area contributed by atoms with Crippen LogP contribution in [0.15, 0.2) is 60.8 Å². The van der Waals surface area contributed by atoms with Gasteiger partial charge in [0.05, 0.1) is 11.6 Å². The maximum Gasteiger partial charge on any atom is 0.222 e. The minimum atomic E-state index is -0.450. The van der Waals surface area contributed by atoms with Crippen molar-refractivity contribution in [3.05, 3.63) is 66.4 Å². The molecule has 4 nitrogen and oxygen atoms in total. The summed E-state index contributed by atoms with van der Waals surface area (Å²) >= 11 is 0. The van der Waals surface area contributed by atoms with Crippen molar-refractivity contribution in [1.29, 1.82) is 0 Å². The van der Waals surface area contributed by atoms with Gasteiger partial charge >= 0.3 is 0 Å². The maximum absolute atomic E-state index is 11.8. The molecule has 1 saturated heterocycles. The van der Waals surface area contributed by atoms with E-state index in [1.165, 1.54) is 5.56 Å². The van der Waals surface area contributed by atoms with Crippen LogP contribution in [0.25, 0.3) is 22.0 Å². The number of rotatable bonds is 4. The Labute approximate surface area is 165 Å². The number of hydrogen-bond donors (Lipinski definition) is 1. The number of carbonyl (C=O) groups excluding carboxylic acids is 1. The van der Waals surface area contributed by atoms with Crippen LogP contribution in [-0.2, 0) is 11.2 Å². The molecule has 1 aliphatic heterocycles. The van der Waals surface area contributed by atoms with E-state index in [9.17, 15) is 9.90 Å². The number of pyridine rings is 1. The van der Waals surface area contributed by atoms with Crippen LogP contribution in [-0.4, -0.2) is 40.1 Å². The number of hydrogen-bond acceptors (Lipinski definition) is 3. The second-order valence-corrected chi connectivity index (χ2v) is 7.63. The lowest BCUT2D eigenvalue weighted by atomic mass is 9.87. The van der Waals surface area contributed by atoms with Crippen LogP contribution in [0.4, 0.5) is 0 Å². The summed E-state index contributed by atoms with van der Waals surface area (Å²) in [7, 11) is 0. The van der Waals surface area contributed by atoms with Gasteiger partial charge in [-0.2, -0.15) is 0 Å². The number of piperidine rings is 1. The molecule has 144 valence electrons. The summed E-state index contributed by atoms with van der Waals surface area (Å²) in [5.41, 5.74) is 4.48. The van der Waals surface area contributed by atoms with Gasteiger partial charge in [-0.05, 0) is 42.0 Å². The monoisotopic (exact) mass is 374 g/mol. The standard InChI is InChI=1S/C24H26N2O2/c1-2-24(28)26-12-11-20(23(27)16-26)13-17-7-9-18(10-8-17)21-14-19-5-3-4-6-22(19)25-15-21/h3-10,14-15,20,23,27H,2,11-13,16H2,1H3/t20-,23+/m1/s1. The predicted molar refractivity (Wildman–Crippen MR) is 112 cm³/mol. The second-order valence-electron chi connectivity index (χ2n) is 7.63. The Bertz CT molecular complexity index is 968. The third-order valence-corrected chi connectivity index (χ3v) is 5.75. The van der Waals surface area contributed by atoms with E-state index in [-0.39, 0.29) is 11.8 Å². The predicted octanol–water partition coefficient (Wildman–Crippen LogP) is 4.06. The van der Waals surface area contributed by atoms with Crippen LogP contribution < -0.4 is 0 Å². The molecular formula is C24H26N2O2. The molecule has 3 aromatic rings. The molecule has 0 spiro atoms. The molecule has 2 aromatic carbocycles. The number of amides is 1. The third kappa shape index (κ3) is 3.92. The van der Waals surface area contributed by atoms with Crippen molar-refractivity contribution in [3.8, 4) is 11.1 Å². The quantitative estimate of drug-likeness (QED) is 0.749. The zero-order chi connectivity index (χ0) is 19.5. The number of carbonyl (C=O) groups is 1. The van der Waals surface area contributed by atoms with Crippen LogP contribution in [0.1, 0.15) is 25.3 Å². The van der Waals surface area contributed by atoms with Gasteiger partial charge in [0.1, 0.15) is 0 Å². The van der Waals surface area contributed by atoms with Gasteiger partial charge in [0, 0.05) is 36.7 Å². The Hall–Kier alpha value is -2.72. The first kappa shape index (κ1) is 18.6. The number of fused-ring (bicyclic) bond motifs is 1. The van der Waals surface area contributed by atoms with Gasteiger partial charge in [0.25, 0.3) is 0 Å². The Balaban J connectivity index is 1.44. The molecule has 2 heterocycles. The zero-order valence-corrected chi connectivity index (χ0v) is 16.2. The lowest BCUT2D eigenvalue weighted by molar-refractivity contribution is -0.135. The molecule has 28 heavy (non-hydrogen) atoms. The highest BCUT2D eigenvalue weighted by Gasteiger charge is 2.29. The maximum atomic E-state index is 11.8. The van der Waals surface area contributed by atoms with Gasteiger partial charge in [0.2, 0.25) is 5.91 Å². The minimum Gasteiger partial charge on any atom is -0.391 e. The van der Waals surface area contributed by atoms with Crippen LogP contribution in [0, 0.1) is 5.92 Å². The lowest BCUT2D eigenvalue weighted by Gasteiger charge is -2.36. The topological polar surface area (TPSA) is 53.4 Å². The molecule has 0 saturated carbocycles. The number of aliphatic hydroxyl groups excluding tert-OH is 1. The van der Waals surface area contributed by atoms with Crippen molar-refractivity contribution < 1.29 is 9.90 Å². The van der Waals surface area contributed by atoms with Crippen LogP contribution in [0.2, 0.25) is 0 Å². The first-order chi connectivity index (χ1) is 13.6. The largest absolute Gasteiger partial charge is 0.391 e. The average molecular weight is 374 g/mol. The molecule has 1 amide bonds. The highest BCUT2D eigenvalue weighted by molar-refractivity contribution is 5.83. The Kier molecular flexibility index (Phi) is 5.40. The van der Waals surface area contributed by atoms with Gasteiger partial charge in [-0.25, -0.2) is 0 Å². The molecule has 1 aliphatic rings.